The summed E-state index contributed by atoms with van der Waals surface area (Å²) in [6.45, 7) is 2.37. The molecule has 104 valence electrons. The summed E-state index contributed by atoms with van der Waals surface area (Å²) in [6.07, 6.45) is 1.72. The minimum absolute atomic E-state index is 0.113. The average molecular weight is 266 g/mol. The zero-order valence-corrected chi connectivity index (χ0v) is 11.0. The van der Waals surface area contributed by atoms with E-state index in [2.05, 4.69) is 5.32 Å². The van der Waals surface area contributed by atoms with Crippen LogP contribution in [0.15, 0.2) is 23.1 Å². The number of ether oxygens (including phenoxy) is 1. The minimum atomic E-state index is -1.03. The van der Waals surface area contributed by atoms with E-state index in [1.807, 2.05) is 0 Å². The zero-order valence-electron chi connectivity index (χ0n) is 11.0. The molecular weight excluding hydrogens is 248 g/mol. The first kappa shape index (κ1) is 13.8. The van der Waals surface area contributed by atoms with Crippen molar-refractivity contribution in [3.63, 3.8) is 0 Å². The number of rotatable bonds is 3. The molecule has 0 aliphatic carbocycles. The predicted octanol–water partition coefficient (Wildman–Crippen LogP) is -0.345. The summed E-state index contributed by atoms with van der Waals surface area (Å²) in [5, 5.41) is 12.9. The molecule has 0 bridgehead atoms. The molecule has 0 spiro atoms. The highest BCUT2D eigenvalue weighted by atomic mass is 16.5. The van der Waals surface area contributed by atoms with Crippen LogP contribution in [0.3, 0.4) is 0 Å². The molecule has 6 nitrogen and oxygen atoms in total. The molecular formula is C13H18N2O4. The Morgan fingerprint density at radius 3 is 3.00 bits per heavy atom. The molecule has 1 saturated heterocycles. The Kier molecular flexibility index (Phi) is 3.73. The van der Waals surface area contributed by atoms with Crippen LogP contribution in [0.2, 0.25) is 0 Å². The van der Waals surface area contributed by atoms with E-state index in [4.69, 9.17) is 4.74 Å². The predicted molar refractivity (Wildman–Crippen MR) is 69.0 cm³/mol. The van der Waals surface area contributed by atoms with Crippen LogP contribution in [-0.2, 0) is 11.8 Å². The van der Waals surface area contributed by atoms with Crippen LogP contribution in [-0.4, -0.2) is 40.4 Å². The average Bonchev–Trinajstić information content (AvgIpc) is 2.71. The van der Waals surface area contributed by atoms with Crippen molar-refractivity contribution in [2.75, 3.05) is 13.2 Å². The molecule has 19 heavy (non-hydrogen) atoms. The molecule has 2 atom stereocenters. The number of nitrogens with one attached hydrogen (secondary N) is 1. The molecule has 2 heterocycles. The lowest BCUT2D eigenvalue weighted by atomic mass is 9.96. The van der Waals surface area contributed by atoms with Crippen LogP contribution in [0.5, 0.6) is 0 Å². The van der Waals surface area contributed by atoms with E-state index < -0.39 is 5.60 Å². The van der Waals surface area contributed by atoms with Gasteiger partial charge in [0.2, 0.25) is 0 Å². The third-order valence-electron chi connectivity index (χ3n) is 3.58. The van der Waals surface area contributed by atoms with Gasteiger partial charge in [0.15, 0.2) is 0 Å². The van der Waals surface area contributed by atoms with Crippen LogP contribution >= 0.6 is 0 Å². The Hall–Kier alpha value is -1.66. The molecule has 0 radical (unpaired) electrons. The van der Waals surface area contributed by atoms with Gasteiger partial charge in [-0.1, -0.05) is 0 Å². The number of carbonyl (C=O) groups is 1. The minimum Gasteiger partial charge on any atom is -0.385 e. The molecule has 0 aromatic carbocycles. The van der Waals surface area contributed by atoms with E-state index in [0.29, 0.717) is 18.6 Å². The largest absolute Gasteiger partial charge is 0.385 e. The SMILES string of the molecule is CC1OCCC1(O)CNC(=O)c1ccn(C)c(=O)c1. The molecule has 2 N–H and O–H groups in total. The maximum Gasteiger partial charge on any atom is 0.251 e. The summed E-state index contributed by atoms with van der Waals surface area (Å²) in [4.78, 5) is 23.3. The molecule has 1 aromatic heterocycles. The van der Waals surface area contributed by atoms with Gasteiger partial charge in [-0.05, 0) is 13.0 Å². The summed E-state index contributed by atoms with van der Waals surface area (Å²) in [6, 6.07) is 2.84. The Bertz CT molecular complexity index is 540. The highest BCUT2D eigenvalue weighted by Crippen LogP contribution is 2.24. The van der Waals surface area contributed by atoms with Crippen LogP contribution in [0, 0.1) is 0 Å². The molecule has 2 unspecified atom stereocenters. The fourth-order valence-electron chi connectivity index (χ4n) is 2.03. The highest BCUT2D eigenvalue weighted by Gasteiger charge is 2.39. The van der Waals surface area contributed by atoms with Gasteiger partial charge < -0.3 is 19.7 Å². The number of carbonyl (C=O) groups excluding carboxylic acids is 1. The molecule has 1 amide bonds. The second-order valence-corrected chi connectivity index (χ2v) is 4.91. The number of nitrogens with zero attached hydrogens (tertiary/aromatic N) is 1. The van der Waals surface area contributed by atoms with Gasteiger partial charge in [-0.2, -0.15) is 0 Å². The Balaban J connectivity index is 2.01. The van der Waals surface area contributed by atoms with E-state index >= 15 is 0 Å². The quantitative estimate of drug-likeness (QED) is 0.784. The maximum absolute atomic E-state index is 11.9. The van der Waals surface area contributed by atoms with Gasteiger partial charge in [-0.15, -0.1) is 0 Å². The number of aliphatic hydroxyl groups is 1. The zero-order chi connectivity index (χ0) is 14.0. The van der Waals surface area contributed by atoms with Gasteiger partial charge in [0.25, 0.3) is 11.5 Å². The summed E-state index contributed by atoms with van der Waals surface area (Å²) in [7, 11) is 1.62. The van der Waals surface area contributed by atoms with Crippen LogP contribution in [0.25, 0.3) is 0 Å². The smallest absolute Gasteiger partial charge is 0.251 e. The molecule has 2 rings (SSSR count). The standard InChI is InChI=1S/C13H18N2O4/c1-9-13(18,4-6-19-9)8-14-12(17)10-3-5-15(2)11(16)7-10/h3,5,7,9,18H,4,6,8H2,1-2H3,(H,14,17). The Morgan fingerprint density at radius 2 is 2.42 bits per heavy atom. The maximum atomic E-state index is 11.9. The number of hydrogen-bond donors (Lipinski definition) is 2. The summed E-state index contributed by atoms with van der Waals surface area (Å²) in [5.41, 5.74) is -0.989. The van der Waals surface area contributed by atoms with E-state index in [9.17, 15) is 14.7 Å². The topological polar surface area (TPSA) is 80.6 Å². The highest BCUT2D eigenvalue weighted by molar-refractivity contribution is 5.94. The van der Waals surface area contributed by atoms with Crippen molar-refractivity contribution in [1.29, 1.82) is 0 Å². The molecule has 1 aliphatic heterocycles. The molecule has 1 aliphatic rings. The van der Waals surface area contributed by atoms with Crippen LogP contribution in [0.4, 0.5) is 0 Å². The fraction of sp³-hybridized carbons (Fsp3) is 0.538. The van der Waals surface area contributed by atoms with Crippen molar-refractivity contribution in [2.24, 2.45) is 7.05 Å². The monoisotopic (exact) mass is 266 g/mol. The summed E-state index contributed by atoms with van der Waals surface area (Å²) < 4.78 is 6.67. The van der Waals surface area contributed by atoms with Crippen molar-refractivity contribution in [3.8, 4) is 0 Å². The number of aromatic nitrogens is 1. The van der Waals surface area contributed by atoms with Crippen molar-refractivity contribution in [1.82, 2.24) is 9.88 Å². The summed E-state index contributed by atoms with van der Waals surface area (Å²) in [5.74, 6) is -0.370. The lowest BCUT2D eigenvalue weighted by molar-refractivity contribution is -0.0251. The van der Waals surface area contributed by atoms with E-state index in [0.717, 1.165) is 0 Å². The molecule has 1 fully saturated rings. The fourth-order valence-corrected chi connectivity index (χ4v) is 2.03. The Morgan fingerprint density at radius 1 is 1.68 bits per heavy atom. The van der Waals surface area contributed by atoms with Gasteiger partial charge in [0.05, 0.1) is 6.10 Å². The normalized spacial score (nSPS) is 26.4. The second kappa shape index (κ2) is 5.14. The van der Waals surface area contributed by atoms with E-state index in [1.165, 1.54) is 16.8 Å². The van der Waals surface area contributed by atoms with Crippen molar-refractivity contribution < 1.29 is 14.6 Å². The number of hydrogen-bond acceptors (Lipinski definition) is 4. The van der Waals surface area contributed by atoms with Crippen LogP contribution in [0.1, 0.15) is 23.7 Å². The Labute approximate surface area is 111 Å². The number of aryl methyl sites for hydroxylation is 1. The lowest BCUT2D eigenvalue weighted by Gasteiger charge is -2.26. The lowest BCUT2D eigenvalue weighted by Crippen LogP contribution is -2.47. The molecule has 0 saturated carbocycles. The third-order valence-corrected chi connectivity index (χ3v) is 3.58. The van der Waals surface area contributed by atoms with E-state index in [-0.39, 0.29) is 24.1 Å². The van der Waals surface area contributed by atoms with E-state index in [1.54, 1.807) is 20.0 Å². The molecule has 1 aromatic rings. The number of pyridine rings is 1. The van der Waals surface area contributed by atoms with Gasteiger partial charge in [0.1, 0.15) is 5.60 Å². The van der Waals surface area contributed by atoms with Crippen molar-refractivity contribution >= 4 is 5.91 Å². The van der Waals surface area contributed by atoms with Crippen molar-refractivity contribution in [3.05, 3.63) is 34.2 Å². The van der Waals surface area contributed by atoms with Crippen molar-refractivity contribution in [2.45, 2.75) is 25.0 Å². The molecule has 6 heteroatoms. The van der Waals surface area contributed by atoms with Crippen LogP contribution < -0.4 is 10.9 Å². The summed E-state index contributed by atoms with van der Waals surface area (Å²) >= 11 is 0. The second-order valence-electron chi connectivity index (χ2n) is 4.91. The number of amides is 1. The van der Waals surface area contributed by atoms with Gasteiger partial charge in [-0.25, -0.2) is 0 Å². The first-order chi connectivity index (χ1) is 8.92. The first-order valence-corrected chi connectivity index (χ1v) is 6.21. The van der Waals surface area contributed by atoms with Gasteiger partial charge in [0, 0.05) is 44.4 Å². The van der Waals surface area contributed by atoms with Gasteiger partial charge >= 0.3 is 0 Å². The van der Waals surface area contributed by atoms with Gasteiger partial charge in [-0.3, -0.25) is 9.59 Å². The first-order valence-electron chi connectivity index (χ1n) is 6.21. The third kappa shape index (κ3) is 2.85.